The average molecular weight is 338 g/mol. The predicted molar refractivity (Wildman–Crippen MR) is 94.8 cm³/mol. The molecule has 25 heavy (non-hydrogen) atoms. The number of hydrogen-bond donors (Lipinski definition) is 2. The Kier molecular flexibility index (Phi) is 4.35. The van der Waals surface area contributed by atoms with Crippen LogP contribution in [0.2, 0.25) is 0 Å². The third-order valence-electron chi connectivity index (χ3n) is 3.87. The molecule has 2 aromatic carbocycles. The maximum atomic E-state index is 13.8. The van der Waals surface area contributed by atoms with Crippen molar-refractivity contribution in [1.29, 1.82) is 0 Å². The molecule has 0 saturated heterocycles. The number of benzene rings is 2. The Morgan fingerprint density at radius 3 is 2.60 bits per heavy atom. The molecule has 1 aromatic heterocycles. The molecule has 0 bridgehead atoms. The first-order valence-corrected chi connectivity index (χ1v) is 7.55. The molecule has 0 aliphatic heterocycles. The third kappa shape index (κ3) is 3.14. The number of pyridine rings is 1. The molecule has 0 spiro atoms. The van der Waals surface area contributed by atoms with E-state index in [0.717, 1.165) is 6.08 Å². The van der Waals surface area contributed by atoms with E-state index in [1.807, 2.05) is 6.07 Å². The SMILES string of the molecule is Nc1c(-c2ccccc2)c2cc(F)ccc2n(C/C=C/C(=O)O)c1=O. The molecule has 0 unspecified atom stereocenters. The zero-order chi connectivity index (χ0) is 18.0. The average Bonchev–Trinajstić information content (AvgIpc) is 2.59. The molecule has 6 heteroatoms. The number of nitrogen functional groups attached to an aromatic ring is 1. The van der Waals surface area contributed by atoms with E-state index in [9.17, 15) is 14.0 Å². The van der Waals surface area contributed by atoms with Crippen LogP contribution in [0.4, 0.5) is 10.1 Å². The van der Waals surface area contributed by atoms with Crippen molar-refractivity contribution in [2.24, 2.45) is 0 Å². The molecule has 3 aromatic rings. The summed E-state index contributed by atoms with van der Waals surface area (Å²) in [4.78, 5) is 23.3. The van der Waals surface area contributed by atoms with Crippen LogP contribution in [0, 0.1) is 5.82 Å². The summed E-state index contributed by atoms with van der Waals surface area (Å²) >= 11 is 0. The molecule has 126 valence electrons. The number of hydrogen-bond acceptors (Lipinski definition) is 3. The number of halogens is 1. The van der Waals surface area contributed by atoms with E-state index in [-0.39, 0.29) is 12.2 Å². The zero-order valence-electron chi connectivity index (χ0n) is 13.1. The van der Waals surface area contributed by atoms with Crippen LogP contribution in [-0.2, 0) is 11.3 Å². The monoisotopic (exact) mass is 338 g/mol. The minimum absolute atomic E-state index is 0.00646. The maximum Gasteiger partial charge on any atom is 0.328 e. The lowest BCUT2D eigenvalue weighted by molar-refractivity contribution is -0.131. The minimum Gasteiger partial charge on any atom is -0.478 e. The Balaban J connectivity index is 2.33. The summed E-state index contributed by atoms with van der Waals surface area (Å²) < 4.78 is 15.2. The van der Waals surface area contributed by atoms with Gasteiger partial charge in [-0.25, -0.2) is 9.18 Å². The number of fused-ring (bicyclic) bond motifs is 1. The summed E-state index contributed by atoms with van der Waals surface area (Å²) in [5.41, 5.74) is 7.27. The summed E-state index contributed by atoms with van der Waals surface area (Å²) in [7, 11) is 0. The predicted octanol–water partition coefficient (Wildman–Crippen LogP) is 3.03. The second-order valence-corrected chi connectivity index (χ2v) is 5.47. The quantitative estimate of drug-likeness (QED) is 0.716. The number of allylic oxidation sites excluding steroid dienone is 1. The Hall–Kier alpha value is -3.41. The number of anilines is 1. The molecule has 0 amide bonds. The van der Waals surface area contributed by atoms with Crippen molar-refractivity contribution >= 4 is 22.6 Å². The lowest BCUT2D eigenvalue weighted by Gasteiger charge is -2.15. The molecule has 0 aliphatic carbocycles. The molecule has 3 N–H and O–H groups in total. The molecule has 3 rings (SSSR count). The second kappa shape index (κ2) is 6.60. The highest BCUT2D eigenvalue weighted by molar-refractivity contribution is 6.00. The Labute approximate surface area is 142 Å². The summed E-state index contributed by atoms with van der Waals surface area (Å²) in [5.74, 6) is -1.56. The van der Waals surface area contributed by atoms with Crippen LogP contribution in [0.25, 0.3) is 22.0 Å². The molecule has 0 fully saturated rings. The highest BCUT2D eigenvalue weighted by Gasteiger charge is 2.16. The molecular formula is C19H15FN2O3. The first-order chi connectivity index (χ1) is 12.0. The van der Waals surface area contributed by atoms with Gasteiger partial charge in [0.2, 0.25) is 0 Å². The number of carbonyl (C=O) groups is 1. The highest BCUT2D eigenvalue weighted by Crippen LogP contribution is 2.32. The second-order valence-electron chi connectivity index (χ2n) is 5.47. The number of carboxylic acids is 1. The first-order valence-electron chi connectivity index (χ1n) is 7.55. The van der Waals surface area contributed by atoms with E-state index >= 15 is 0 Å². The van der Waals surface area contributed by atoms with Gasteiger partial charge < -0.3 is 15.4 Å². The van der Waals surface area contributed by atoms with Crippen molar-refractivity contribution < 1.29 is 14.3 Å². The van der Waals surface area contributed by atoms with Gasteiger partial charge in [-0.2, -0.15) is 0 Å². The molecule has 0 radical (unpaired) electrons. The maximum absolute atomic E-state index is 13.8. The Bertz CT molecular complexity index is 1040. The van der Waals surface area contributed by atoms with Crippen molar-refractivity contribution in [3.05, 3.63) is 76.9 Å². The van der Waals surface area contributed by atoms with Crippen molar-refractivity contribution in [3.8, 4) is 11.1 Å². The molecule has 0 saturated carbocycles. The van der Waals surface area contributed by atoms with Gasteiger partial charge in [0, 0.05) is 23.6 Å². The molecule has 1 heterocycles. The minimum atomic E-state index is -1.11. The standard InChI is InChI=1S/C19H15FN2O3/c20-13-8-9-15-14(11-13)17(12-5-2-1-3-6-12)18(21)19(25)22(15)10-4-7-16(23)24/h1-9,11H,10,21H2,(H,23,24)/b7-4+. The molecule has 0 aliphatic rings. The van der Waals surface area contributed by atoms with Gasteiger partial charge in [0.05, 0.1) is 5.52 Å². The smallest absolute Gasteiger partial charge is 0.328 e. The van der Waals surface area contributed by atoms with Gasteiger partial charge in [0.15, 0.2) is 0 Å². The van der Waals surface area contributed by atoms with Gasteiger partial charge in [-0.15, -0.1) is 0 Å². The summed E-state index contributed by atoms with van der Waals surface area (Å²) in [6.07, 6.45) is 2.29. The van der Waals surface area contributed by atoms with Gasteiger partial charge in [0.25, 0.3) is 5.56 Å². The molecule has 5 nitrogen and oxygen atoms in total. The van der Waals surface area contributed by atoms with Crippen molar-refractivity contribution in [2.75, 3.05) is 5.73 Å². The van der Waals surface area contributed by atoms with Crippen LogP contribution in [-0.4, -0.2) is 15.6 Å². The van der Waals surface area contributed by atoms with Crippen LogP contribution >= 0.6 is 0 Å². The van der Waals surface area contributed by atoms with E-state index in [1.165, 1.54) is 28.8 Å². The van der Waals surface area contributed by atoms with Crippen LogP contribution in [0.5, 0.6) is 0 Å². The van der Waals surface area contributed by atoms with E-state index < -0.39 is 17.3 Å². The van der Waals surface area contributed by atoms with Gasteiger partial charge in [-0.05, 0) is 23.8 Å². The summed E-state index contributed by atoms with van der Waals surface area (Å²) in [6, 6.07) is 13.1. The fraction of sp³-hybridized carbons (Fsp3) is 0.0526. The Morgan fingerprint density at radius 2 is 1.92 bits per heavy atom. The normalized spacial score (nSPS) is 11.2. The number of carboxylic acid groups (broad SMARTS) is 1. The molecular weight excluding hydrogens is 323 g/mol. The van der Waals surface area contributed by atoms with Crippen LogP contribution in [0.1, 0.15) is 0 Å². The van der Waals surface area contributed by atoms with Crippen LogP contribution in [0.3, 0.4) is 0 Å². The first kappa shape index (κ1) is 16.4. The zero-order valence-corrected chi connectivity index (χ0v) is 13.1. The van der Waals surface area contributed by atoms with E-state index in [2.05, 4.69) is 0 Å². The fourth-order valence-corrected chi connectivity index (χ4v) is 2.81. The fourth-order valence-electron chi connectivity index (χ4n) is 2.81. The summed E-state index contributed by atoms with van der Waals surface area (Å²) in [6.45, 7) is 0.0204. The third-order valence-corrected chi connectivity index (χ3v) is 3.87. The van der Waals surface area contributed by atoms with Gasteiger partial charge in [0.1, 0.15) is 11.5 Å². The Morgan fingerprint density at radius 1 is 1.20 bits per heavy atom. The van der Waals surface area contributed by atoms with Crippen molar-refractivity contribution in [3.63, 3.8) is 0 Å². The van der Waals surface area contributed by atoms with Crippen molar-refractivity contribution in [1.82, 2.24) is 4.57 Å². The lowest BCUT2D eigenvalue weighted by Crippen LogP contribution is -2.24. The number of rotatable bonds is 4. The molecule has 0 atom stereocenters. The van der Waals surface area contributed by atoms with E-state index in [4.69, 9.17) is 10.8 Å². The van der Waals surface area contributed by atoms with Gasteiger partial charge in [-0.1, -0.05) is 36.4 Å². The number of nitrogens with two attached hydrogens (primary N) is 1. The topological polar surface area (TPSA) is 85.3 Å². The highest BCUT2D eigenvalue weighted by atomic mass is 19.1. The van der Waals surface area contributed by atoms with Gasteiger partial charge in [-0.3, -0.25) is 4.79 Å². The summed E-state index contributed by atoms with van der Waals surface area (Å²) in [5, 5.41) is 9.20. The number of nitrogens with zero attached hydrogens (tertiary/aromatic N) is 1. The lowest BCUT2D eigenvalue weighted by atomic mass is 9.99. The van der Waals surface area contributed by atoms with Gasteiger partial charge >= 0.3 is 5.97 Å². The van der Waals surface area contributed by atoms with Crippen molar-refractivity contribution in [2.45, 2.75) is 6.54 Å². The number of aliphatic carboxylic acids is 1. The van der Waals surface area contributed by atoms with E-state index in [0.29, 0.717) is 22.0 Å². The van der Waals surface area contributed by atoms with Crippen LogP contribution in [0.15, 0.2) is 65.5 Å². The van der Waals surface area contributed by atoms with Crippen LogP contribution < -0.4 is 11.3 Å². The largest absolute Gasteiger partial charge is 0.478 e. The number of aromatic nitrogens is 1. The van der Waals surface area contributed by atoms with E-state index in [1.54, 1.807) is 24.3 Å².